The first kappa shape index (κ1) is 17.7. The number of fused-ring (bicyclic) bond motifs is 3. The summed E-state index contributed by atoms with van der Waals surface area (Å²) in [5.41, 5.74) is 3.97. The zero-order chi connectivity index (χ0) is 18.1. The minimum Gasteiger partial charge on any atom is -0.459 e. The fraction of sp³-hybridized carbons (Fsp3) is 0.476. The monoisotopic (exact) mass is 342 g/mol. The highest BCUT2D eigenvalue weighted by Gasteiger charge is 2.31. The van der Waals surface area contributed by atoms with Crippen LogP contribution in [0.5, 0.6) is 0 Å². The molecule has 4 heteroatoms. The van der Waals surface area contributed by atoms with E-state index in [1.807, 2.05) is 39.0 Å². The van der Waals surface area contributed by atoms with Crippen LogP contribution >= 0.6 is 0 Å². The summed E-state index contributed by atoms with van der Waals surface area (Å²) < 4.78 is 17.4. The van der Waals surface area contributed by atoms with E-state index in [0.29, 0.717) is 12.8 Å². The molecule has 3 rings (SSSR count). The van der Waals surface area contributed by atoms with Gasteiger partial charge in [0.05, 0.1) is 0 Å². The van der Waals surface area contributed by atoms with Crippen LogP contribution in [-0.2, 0) is 14.3 Å². The topological polar surface area (TPSA) is 48.7 Å². The highest BCUT2D eigenvalue weighted by molar-refractivity contribution is 5.90. The Morgan fingerprint density at radius 1 is 1.36 bits per heavy atom. The van der Waals surface area contributed by atoms with E-state index in [-0.39, 0.29) is 24.1 Å². The molecule has 3 atom stereocenters. The first-order valence-electron chi connectivity index (χ1n) is 8.76. The van der Waals surface area contributed by atoms with Crippen molar-refractivity contribution in [1.82, 2.24) is 0 Å². The van der Waals surface area contributed by atoms with Crippen molar-refractivity contribution in [2.75, 3.05) is 7.11 Å². The van der Waals surface area contributed by atoms with Crippen LogP contribution < -0.4 is 0 Å². The number of methoxy groups -OCH3 is 1. The van der Waals surface area contributed by atoms with E-state index < -0.39 is 0 Å². The van der Waals surface area contributed by atoms with Gasteiger partial charge in [0.15, 0.2) is 0 Å². The fourth-order valence-electron chi connectivity index (χ4n) is 3.74. The third-order valence-corrected chi connectivity index (χ3v) is 5.03. The molecule has 4 nitrogen and oxygen atoms in total. The Balaban J connectivity index is 2.05. The van der Waals surface area contributed by atoms with E-state index in [4.69, 9.17) is 13.9 Å². The molecule has 1 aromatic heterocycles. The number of carbonyl (C=O) groups excluding carboxylic acids is 1. The predicted molar refractivity (Wildman–Crippen MR) is 97.0 cm³/mol. The van der Waals surface area contributed by atoms with Gasteiger partial charge in [-0.3, -0.25) is 0 Å². The van der Waals surface area contributed by atoms with Gasteiger partial charge in [0.25, 0.3) is 0 Å². The van der Waals surface area contributed by atoms with Gasteiger partial charge in [-0.05, 0) is 57.4 Å². The standard InChI is InChI=1S/C21H26O4/c1-12(2)18-7-6-15-11-17(25-21(15)22)9-13(3)8-16-10-14(4)19(24-16)20(18)23-5/h8,10-11,17-18,20H,1,6-7,9H2,2-5H3/b13-8+/t17-,18-,20+/m0/s1. The van der Waals surface area contributed by atoms with E-state index >= 15 is 0 Å². The first-order valence-corrected chi connectivity index (χ1v) is 8.76. The maximum Gasteiger partial charge on any atom is 0.334 e. The van der Waals surface area contributed by atoms with Crippen molar-refractivity contribution in [3.8, 4) is 0 Å². The van der Waals surface area contributed by atoms with Gasteiger partial charge in [0.1, 0.15) is 23.7 Å². The summed E-state index contributed by atoms with van der Waals surface area (Å²) in [6.07, 6.45) is 5.68. The molecule has 4 bridgehead atoms. The second-order valence-electron chi connectivity index (χ2n) is 7.17. The lowest BCUT2D eigenvalue weighted by atomic mass is 9.86. The summed E-state index contributed by atoms with van der Waals surface area (Å²) in [5.74, 6) is 1.52. The Hall–Kier alpha value is -2.07. The number of aryl methyl sites for hydroxylation is 1. The molecule has 0 unspecified atom stereocenters. The van der Waals surface area contributed by atoms with E-state index in [0.717, 1.165) is 40.2 Å². The highest BCUT2D eigenvalue weighted by atomic mass is 16.5. The molecule has 0 aliphatic carbocycles. The van der Waals surface area contributed by atoms with Gasteiger partial charge in [-0.2, -0.15) is 0 Å². The van der Waals surface area contributed by atoms with E-state index in [1.165, 1.54) is 0 Å². The number of furan rings is 1. The number of ether oxygens (including phenoxy) is 2. The van der Waals surface area contributed by atoms with Crippen molar-refractivity contribution in [2.45, 2.75) is 52.2 Å². The summed E-state index contributed by atoms with van der Waals surface area (Å²) in [7, 11) is 1.69. The lowest BCUT2D eigenvalue weighted by Gasteiger charge is -2.25. The molecule has 134 valence electrons. The van der Waals surface area contributed by atoms with E-state index in [1.54, 1.807) is 7.11 Å². The van der Waals surface area contributed by atoms with Crippen molar-refractivity contribution in [3.05, 3.63) is 52.5 Å². The summed E-state index contributed by atoms with van der Waals surface area (Å²) in [4.78, 5) is 12.1. The SMILES string of the molecule is C=C(C)[C@@H]1CCC2=C[C@H](C/C(C)=C/c3cc(C)c(o3)[C@@H]1OC)OC2=O. The smallest absolute Gasteiger partial charge is 0.334 e. The van der Waals surface area contributed by atoms with Crippen molar-refractivity contribution in [3.63, 3.8) is 0 Å². The van der Waals surface area contributed by atoms with Crippen LogP contribution in [0.1, 0.15) is 56.3 Å². The van der Waals surface area contributed by atoms with Crippen molar-refractivity contribution in [2.24, 2.45) is 5.92 Å². The van der Waals surface area contributed by atoms with Crippen molar-refractivity contribution in [1.29, 1.82) is 0 Å². The van der Waals surface area contributed by atoms with Gasteiger partial charge in [-0.15, -0.1) is 0 Å². The molecule has 0 saturated heterocycles. The van der Waals surface area contributed by atoms with Gasteiger partial charge < -0.3 is 13.9 Å². The minimum absolute atomic E-state index is 0.0706. The number of hydrogen-bond donors (Lipinski definition) is 0. The van der Waals surface area contributed by atoms with Gasteiger partial charge >= 0.3 is 5.97 Å². The third kappa shape index (κ3) is 3.64. The van der Waals surface area contributed by atoms with Gasteiger partial charge in [0, 0.05) is 25.0 Å². The zero-order valence-electron chi connectivity index (χ0n) is 15.4. The average molecular weight is 342 g/mol. The van der Waals surface area contributed by atoms with Crippen LogP contribution in [0, 0.1) is 12.8 Å². The number of carbonyl (C=O) groups is 1. The largest absolute Gasteiger partial charge is 0.459 e. The molecule has 25 heavy (non-hydrogen) atoms. The molecular weight excluding hydrogens is 316 g/mol. The summed E-state index contributed by atoms with van der Waals surface area (Å²) in [6.45, 7) is 10.2. The van der Waals surface area contributed by atoms with Crippen LogP contribution in [0.15, 0.2) is 39.9 Å². The van der Waals surface area contributed by atoms with Crippen molar-refractivity contribution < 1.29 is 18.7 Å². The molecule has 0 fully saturated rings. The molecular formula is C21H26O4. The maximum absolute atomic E-state index is 12.1. The average Bonchev–Trinajstić information content (AvgIpc) is 3.05. The molecule has 0 N–H and O–H groups in total. The molecule has 3 heterocycles. The number of esters is 1. The Labute approximate surface area is 149 Å². The van der Waals surface area contributed by atoms with Crippen LogP contribution in [0.3, 0.4) is 0 Å². The fourth-order valence-corrected chi connectivity index (χ4v) is 3.74. The molecule has 1 aromatic rings. The molecule has 2 aliphatic heterocycles. The lowest BCUT2D eigenvalue weighted by Crippen LogP contribution is -2.17. The number of hydrogen-bond acceptors (Lipinski definition) is 4. The minimum atomic E-state index is -0.213. The second-order valence-corrected chi connectivity index (χ2v) is 7.17. The highest BCUT2D eigenvalue weighted by Crippen LogP contribution is 2.38. The Bertz CT molecular complexity index is 750. The van der Waals surface area contributed by atoms with Gasteiger partial charge in [0.2, 0.25) is 0 Å². The number of rotatable bonds is 2. The summed E-state index contributed by atoms with van der Waals surface area (Å²) in [6, 6.07) is 2.04. The summed E-state index contributed by atoms with van der Waals surface area (Å²) >= 11 is 0. The summed E-state index contributed by atoms with van der Waals surface area (Å²) in [5, 5.41) is 0. The van der Waals surface area contributed by atoms with Crippen LogP contribution in [0.25, 0.3) is 6.08 Å². The van der Waals surface area contributed by atoms with Crippen LogP contribution in [0.2, 0.25) is 0 Å². The van der Waals surface area contributed by atoms with Crippen molar-refractivity contribution >= 4 is 12.0 Å². The van der Waals surface area contributed by atoms with Gasteiger partial charge in [-0.1, -0.05) is 17.7 Å². The lowest BCUT2D eigenvalue weighted by molar-refractivity contribution is -0.139. The predicted octanol–water partition coefficient (Wildman–Crippen LogP) is 4.91. The van der Waals surface area contributed by atoms with E-state index in [9.17, 15) is 4.79 Å². The Morgan fingerprint density at radius 3 is 2.80 bits per heavy atom. The van der Waals surface area contributed by atoms with Crippen LogP contribution in [0.4, 0.5) is 0 Å². The quantitative estimate of drug-likeness (QED) is 0.566. The third-order valence-electron chi connectivity index (χ3n) is 5.03. The Morgan fingerprint density at radius 2 is 2.12 bits per heavy atom. The van der Waals surface area contributed by atoms with E-state index in [2.05, 4.69) is 6.58 Å². The van der Waals surface area contributed by atoms with Crippen LogP contribution in [-0.4, -0.2) is 19.2 Å². The molecule has 0 spiro atoms. The first-order chi connectivity index (χ1) is 11.9. The van der Waals surface area contributed by atoms with Gasteiger partial charge in [-0.25, -0.2) is 4.79 Å². The molecule has 0 amide bonds. The second kappa shape index (κ2) is 7.04. The maximum atomic E-state index is 12.1. The zero-order valence-corrected chi connectivity index (χ0v) is 15.4. The normalized spacial score (nSPS) is 28.8. The molecule has 0 radical (unpaired) electrons. The molecule has 2 aliphatic rings. The Kier molecular flexibility index (Phi) is 5.00. The molecule has 0 aromatic carbocycles. The molecule has 0 saturated carbocycles.